The minimum absolute atomic E-state index is 0.196. The van der Waals surface area contributed by atoms with E-state index in [1.165, 1.54) is 0 Å². The average Bonchev–Trinajstić information content (AvgIpc) is 3.23. The molecule has 0 saturated carbocycles. The molecule has 1 aliphatic heterocycles. The smallest absolute Gasteiger partial charge is 0.265 e. The fourth-order valence-corrected chi connectivity index (χ4v) is 3.19. The first-order valence-electron chi connectivity index (χ1n) is 10.3. The summed E-state index contributed by atoms with van der Waals surface area (Å²) >= 11 is 0. The van der Waals surface area contributed by atoms with Gasteiger partial charge in [-0.2, -0.15) is 0 Å². The second kappa shape index (κ2) is 10.1. The highest BCUT2D eigenvalue weighted by Gasteiger charge is 2.32. The molecular formula is C24H29N3O3. The average molecular weight is 408 g/mol. The van der Waals surface area contributed by atoms with Crippen molar-refractivity contribution in [3.63, 3.8) is 0 Å². The minimum atomic E-state index is -0.738. The van der Waals surface area contributed by atoms with E-state index in [1.807, 2.05) is 75.4 Å². The predicted molar refractivity (Wildman–Crippen MR) is 117 cm³/mol. The van der Waals surface area contributed by atoms with E-state index in [0.717, 1.165) is 22.4 Å². The van der Waals surface area contributed by atoms with E-state index in [9.17, 15) is 9.59 Å². The largest absolute Gasteiger partial charge is 0.382 e. The normalized spacial score (nSPS) is 16.5. The van der Waals surface area contributed by atoms with Crippen LogP contribution in [0, 0.1) is 12.8 Å². The van der Waals surface area contributed by atoms with Gasteiger partial charge >= 0.3 is 0 Å². The van der Waals surface area contributed by atoms with Crippen molar-refractivity contribution in [1.82, 2.24) is 10.6 Å². The van der Waals surface area contributed by atoms with Crippen LogP contribution in [0.15, 0.2) is 59.8 Å². The van der Waals surface area contributed by atoms with Gasteiger partial charge in [-0.15, -0.1) is 0 Å². The fraction of sp³-hybridized carbons (Fsp3) is 0.375. The molecule has 0 bridgehead atoms. The van der Waals surface area contributed by atoms with Gasteiger partial charge in [-0.1, -0.05) is 79.2 Å². The lowest BCUT2D eigenvalue weighted by Crippen LogP contribution is -2.51. The molecule has 0 saturated heterocycles. The van der Waals surface area contributed by atoms with Gasteiger partial charge in [0.05, 0.1) is 5.71 Å². The molecule has 1 aliphatic rings. The summed E-state index contributed by atoms with van der Waals surface area (Å²) in [5, 5.41) is 9.87. The van der Waals surface area contributed by atoms with E-state index < -0.39 is 12.1 Å². The van der Waals surface area contributed by atoms with Gasteiger partial charge in [-0.05, 0) is 24.0 Å². The molecule has 2 aromatic rings. The Balaban J connectivity index is 1.63. The maximum atomic E-state index is 12.8. The Bertz CT molecular complexity index is 892. The van der Waals surface area contributed by atoms with Crippen LogP contribution in [0.25, 0.3) is 0 Å². The summed E-state index contributed by atoms with van der Waals surface area (Å²) in [7, 11) is 0. The summed E-state index contributed by atoms with van der Waals surface area (Å²) in [4.78, 5) is 30.9. The van der Waals surface area contributed by atoms with E-state index in [-0.39, 0.29) is 11.8 Å². The van der Waals surface area contributed by atoms with Crippen molar-refractivity contribution in [2.24, 2.45) is 11.1 Å². The first kappa shape index (κ1) is 21.6. The Hall–Kier alpha value is -3.15. The van der Waals surface area contributed by atoms with Crippen LogP contribution in [0.2, 0.25) is 0 Å². The maximum absolute atomic E-state index is 12.8. The molecule has 1 heterocycles. The third-order valence-electron chi connectivity index (χ3n) is 4.95. The standard InChI is InChI=1S/C24H29N3O3/c1-16(2)15-25-23(28)21(13-18-7-5-4-6-8-18)26-24(29)22-14-20(27-30-22)19-11-9-17(3)10-12-19/h4-12,16,21-22H,13-15H2,1-3H3,(H,25,28)(H,26,29)/t21-,22+/m0/s1. The SMILES string of the molecule is Cc1ccc(C2=NO[C@@H](C(=O)N[C@@H](Cc3ccccc3)C(=O)NCC(C)C)C2)cc1. The number of carbonyl (C=O) groups is 2. The van der Waals surface area contributed by atoms with Crippen molar-refractivity contribution in [3.05, 3.63) is 71.3 Å². The van der Waals surface area contributed by atoms with Crippen molar-refractivity contribution in [1.29, 1.82) is 0 Å². The van der Waals surface area contributed by atoms with E-state index in [0.29, 0.717) is 25.3 Å². The van der Waals surface area contributed by atoms with Gasteiger partial charge in [0.25, 0.3) is 5.91 Å². The summed E-state index contributed by atoms with van der Waals surface area (Å²) in [6.45, 7) is 6.63. The van der Waals surface area contributed by atoms with Crippen LogP contribution in [0.1, 0.15) is 37.0 Å². The Morgan fingerprint density at radius 2 is 1.80 bits per heavy atom. The number of hydrogen-bond acceptors (Lipinski definition) is 4. The Labute approximate surface area is 177 Å². The van der Waals surface area contributed by atoms with Gasteiger partial charge in [0, 0.05) is 19.4 Å². The van der Waals surface area contributed by atoms with Crippen LogP contribution in [0.5, 0.6) is 0 Å². The molecular weight excluding hydrogens is 378 g/mol. The predicted octanol–water partition coefficient (Wildman–Crippen LogP) is 2.99. The zero-order valence-electron chi connectivity index (χ0n) is 17.7. The van der Waals surface area contributed by atoms with Gasteiger partial charge in [0.1, 0.15) is 6.04 Å². The van der Waals surface area contributed by atoms with Crippen LogP contribution >= 0.6 is 0 Å². The van der Waals surface area contributed by atoms with Gasteiger partial charge in [0.15, 0.2) is 0 Å². The number of benzene rings is 2. The van der Waals surface area contributed by atoms with E-state index in [1.54, 1.807) is 0 Å². The first-order valence-corrected chi connectivity index (χ1v) is 10.3. The number of nitrogens with zero attached hydrogens (tertiary/aromatic N) is 1. The number of rotatable bonds is 8. The molecule has 6 heteroatoms. The number of oxime groups is 1. The second-order valence-electron chi connectivity index (χ2n) is 8.09. The number of nitrogens with one attached hydrogen (secondary N) is 2. The summed E-state index contributed by atoms with van der Waals surface area (Å²) in [5.74, 6) is -0.203. The quantitative estimate of drug-likeness (QED) is 0.706. The van der Waals surface area contributed by atoms with Crippen LogP contribution < -0.4 is 10.6 Å². The fourth-order valence-electron chi connectivity index (χ4n) is 3.19. The molecule has 0 spiro atoms. The third-order valence-corrected chi connectivity index (χ3v) is 4.95. The number of carbonyl (C=O) groups excluding carboxylic acids is 2. The van der Waals surface area contributed by atoms with E-state index in [4.69, 9.17) is 4.84 Å². The van der Waals surface area contributed by atoms with Crippen LogP contribution in [-0.2, 0) is 20.8 Å². The molecule has 0 fully saturated rings. The lowest BCUT2D eigenvalue weighted by molar-refractivity contribution is -0.135. The molecule has 158 valence electrons. The van der Waals surface area contributed by atoms with E-state index in [2.05, 4.69) is 15.8 Å². The summed E-state index contributed by atoms with van der Waals surface area (Å²) in [5.41, 5.74) is 3.81. The number of amides is 2. The molecule has 0 radical (unpaired) electrons. The Morgan fingerprint density at radius 1 is 1.10 bits per heavy atom. The minimum Gasteiger partial charge on any atom is -0.382 e. The highest BCUT2D eigenvalue weighted by molar-refractivity contribution is 6.04. The van der Waals surface area contributed by atoms with Crippen molar-refractivity contribution in [2.75, 3.05) is 6.54 Å². The zero-order valence-corrected chi connectivity index (χ0v) is 17.7. The summed E-state index contributed by atoms with van der Waals surface area (Å²) in [6, 6.07) is 16.9. The van der Waals surface area contributed by atoms with Crippen LogP contribution in [0.3, 0.4) is 0 Å². The Morgan fingerprint density at radius 3 is 2.47 bits per heavy atom. The summed E-state index contributed by atoms with van der Waals surface area (Å²) in [6.07, 6.45) is 0.0487. The molecule has 0 aromatic heterocycles. The molecule has 0 aliphatic carbocycles. The van der Waals surface area contributed by atoms with Crippen molar-refractivity contribution < 1.29 is 14.4 Å². The van der Waals surface area contributed by atoms with Crippen LogP contribution in [-0.4, -0.2) is 36.2 Å². The molecule has 2 atom stereocenters. The first-order chi connectivity index (χ1) is 14.4. The van der Waals surface area contributed by atoms with Gasteiger partial charge in [-0.3, -0.25) is 9.59 Å². The van der Waals surface area contributed by atoms with Gasteiger partial charge in [0.2, 0.25) is 12.0 Å². The van der Waals surface area contributed by atoms with Crippen molar-refractivity contribution in [3.8, 4) is 0 Å². The summed E-state index contributed by atoms with van der Waals surface area (Å²) < 4.78 is 0. The second-order valence-corrected chi connectivity index (χ2v) is 8.09. The highest BCUT2D eigenvalue weighted by Crippen LogP contribution is 2.18. The van der Waals surface area contributed by atoms with E-state index >= 15 is 0 Å². The lowest BCUT2D eigenvalue weighted by atomic mass is 10.0. The van der Waals surface area contributed by atoms with Crippen molar-refractivity contribution >= 4 is 17.5 Å². The molecule has 6 nitrogen and oxygen atoms in total. The van der Waals surface area contributed by atoms with Crippen molar-refractivity contribution in [2.45, 2.75) is 45.8 Å². The molecule has 0 unspecified atom stereocenters. The highest BCUT2D eigenvalue weighted by atomic mass is 16.6. The molecule has 2 amide bonds. The lowest BCUT2D eigenvalue weighted by Gasteiger charge is -2.20. The van der Waals surface area contributed by atoms with Crippen LogP contribution in [0.4, 0.5) is 0 Å². The van der Waals surface area contributed by atoms with Gasteiger partial charge in [-0.25, -0.2) is 0 Å². The van der Waals surface area contributed by atoms with Gasteiger partial charge < -0.3 is 15.5 Å². The number of hydrogen-bond donors (Lipinski definition) is 2. The topological polar surface area (TPSA) is 79.8 Å². The molecule has 2 N–H and O–H groups in total. The Kier molecular flexibility index (Phi) is 7.22. The number of aryl methyl sites for hydroxylation is 1. The monoisotopic (exact) mass is 407 g/mol. The maximum Gasteiger partial charge on any atom is 0.265 e. The molecule has 2 aromatic carbocycles. The molecule has 3 rings (SSSR count). The third kappa shape index (κ3) is 5.92. The molecule has 30 heavy (non-hydrogen) atoms. The zero-order chi connectivity index (χ0) is 21.5.